The van der Waals surface area contributed by atoms with Crippen LogP contribution >= 0.6 is 0 Å². The molecular formula is C15H27NO. The maximum atomic E-state index is 5.50. The van der Waals surface area contributed by atoms with Crippen LogP contribution in [-0.4, -0.2) is 25.8 Å². The number of ether oxygens (including phenoxy) is 1. The van der Waals surface area contributed by atoms with Crippen molar-refractivity contribution in [2.45, 2.75) is 57.9 Å². The third kappa shape index (κ3) is 4.11. The molecule has 1 saturated heterocycles. The maximum absolute atomic E-state index is 5.50. The molecule has 0 aromatic rings. The summed E-state index contributed by atoms with van der Waals surface area (Å²) in [6.45, 7) is 5.25. The van der Waals surface area contributed by atoms with E-state index in [0.717, 1.165) is 25.7 Å². The highest BCUT2D eigenvalue weighted by atomic mass is 16.5. The minimum Gasteiger partial charge on any atom is -0.381 e. The highest BCUT2D eigenvalue weighted by Crippen LogP contribution is 2.26. The SMILES string of the molecule is CCNC(CC1CCOC1)C1=CCCCCC1. The molecule has 0 radical (unpaired) electrons. The Labute approximate surface area is 106 Å². The Morgan fingerprint density at radius 1 is 1.41 bits per heavy atom. The van der Waals surface area contributed by atoms with Crippen LogP contribution in [-0.2, 0) is 4.74 Å². The van der Waals surface area contributed by atoms with Crippen molar-refractivity contribution in [2.75, 3.05) is 19.8 Å². The lowest BCUT2D eigenvalue weighted by Gasteiger charge is -2.23. The van der Waals surface area contributed by atoms with E-state index in [-0.39, 0.29) is 0 Å². The Kier molecular flexibility index (Phi) is 5.53. The Balaban J connectivity index is 1.91. The quantitative estimate of drug-likeness (QED) is 0.741. The fourth-order valence-corrected chi connectivity index (χ4v) is 3.07. The smallest absolute Gasteiger partial charge is 0.0495 e. The molecule has 2 rings (SSSR count). The van der Waals surface area contributed by atoms with Crippen molar-refractivity contribution in [1.82, 2.24) is 5.32 Å². The van der Waals surface area contributed by atoms with Crippen LogP contribution in [0.1, 0.15) is 51.9 Å². The van der Waals surface area contributed by atoms with E-state index < -0.39 is 0 Å². The van der Waals surface area contributed by atoms with E-state index in [2.05, 4.69) is 18.3 Å². The largest absolute Gasteiger partial charge is 0.381 e. The predicted molar refractivity (Wildman–Crippen MR) is 72.2 cm³/mol. The third-order valence-electron chi connectivity index (χ3n) is 4.07. The number of nitrogens with one attached hydrogen (secondary N) is 1. The number of rotatable bonds is 5. The molecule has 1 N–H and O–H groups in total. The molecule has 1 aliphatic carbocycles. The van der Waals surface area contributed by atoms with Crippen molar-refractivity contribution < 1.29 is 4.74 Å². The van der Waals surface area contributed by atoms with Gasteiger partial charge in [-0.25, -0.2) is 0 Å². The van der Waals surface area contributed by atoms with Crippen molar-refractivity contribution in [3.63, 3.8) is 0 Å². The van der Waals surface area contributed by atoms with Crippen LogP contribution in [0.2, 0.25) is 0 Å². The first kappa shape index (κ1) is 13.1. The van der Waals surface area contributed by atoms with Gasteiger partial charge in [-0.15, -0.1) is 0 Å². The van der Waals surface area contributed by atoms with Gasteiger partial charge in [-0.3, -0.25) is 0 Å². The van der Waals surface area contributed by atoms with Gasteiger partial charge in [-0.1, -0.05) is 25.0 Å². The Morgan fingerprint density at radius 2 is 2.35 bits per heavy atom. The molecule has 0 spiro atoms. The Hall–Kier alpha value is -0.340. The summed E-state index contributed by atoms with van der Waals surface area (Å²) in [5.41, 5.74) is 1.68. The van der Waals surface area contributed by atoms with Gasteiger partial charge in [-0.05, 0) is 51.0 Å². The molecule has 0 aromatic heterocycles. The topological polar surface area (TPSA) is 21.3 Å². The molecule has 2 aliphatic rings. The molecule has 0 aromatic carbocycles. The normalized spacial score (nSPS) is 27.6. The van der Waals surface area contributed by atoms with Crippen molar-refractivity contribution in [3.05, 3.63) is 11.6 Å². The summed E-state index contributed by atoms with van der Waals surface area (Å²) in [5.74, 6) is 0.781. The van der Waals surface area contributed by atoms with Gasteiger partial charge in [0.15, 0.2) is 0 Å². The zero-order valence-corrected chi connectivity index (χ0v) is 11.2. The van der Waals surface area contributed by atoms with Gasteiger partial charge in [0, 0.05) is 19.3 Å². The molecule has 2 atom stereocenters. The first-order valence-corrected chi connectivity index (χ1v) is 7.40. The van der Waals surface area contributed by atoms with E-state index in [0.29, 0.717) is 6.04 Å². The average Bonchev–Trinajstić information content (AvgIpc) is 2.69. The molecule has 2 unspecified atom stereocenters. The van der Waals surface area contributed by atoms with Crippen molar-refractivity contribution in [3.8, 4) is 0 Å². The lowest BCUT2D eigenvalue weighted by molar-refractivity contribution is 0.182. The molecule has 2 heteroatoms. The van der Waals surface area contributed by atoms with Gasteiger partial charge < -0.3 is 10.1 Å². The lowest BCUT2D eigenvalue weighted by Crippen LogP contribution is -2.33. The Morgan fingerprint density at radius 3 is 3.12 bits per heavy atom. The van der Waals surface area contributed by atoms with Crippen LogP contribution in [0.25, 0.3) is 0 Å². The van der Waals surface area contributed by atoms with Gasteiger partial charge in [0.05, 0.1) is 0 Å². The lowest BCUT2D eigenvalue weighted by atomic mass is 9.91. The zero-order chi connectivity index (χ0) is 11.9. The molecule has 1 aliphatic heterocycles. The summed E-state index contributed by atoms with van der Waals surface area (Å²) in [4.78, 5) is 0. The molecule has 0 amide bonds. The third-order valence-corrected chi connectivity index (χ3v) is 4.07. The second kappa shape index (κ2) is 7.17. The molecule has 1 fully saturated rings. The minimum atomic E-state index is 0.616. The summed E-state index contributed by atoms with van der Waals surface area (Å²) in [6, 6.07) is 0.616. The van der Waals surface area contributed by atoms with Crippen molar-refractivity contribution in [2.24, 2.45) is 5.92 Å². The van der Waals surface area contributed by atoms with Crippen LogP contribution in [0.5, 0.6) is 0 Å². The van der Waals surface area contributed by atoms with Gasteiger partial charge in [0.25, 0.3) is 0 Å². The molecule has 1 heterocycles. The highest BCUT2D eigenvalue weighted by molar-refractivity contribution is 5.12. The molecule has 98 valence electrons. The number of hydrogen-bond donors (Lipinski definition) is 1. The number of likely N-dealkylation sites (N-methyl/N-ethyl adjacent to an activating group) is 1. The van der Waals surface area contributed by atoms with E-state index >= 15 is 0 Å². The summed E-state index contributed by atoms with van der Waals surface area (Å²) in [5, 5.41) is 3.68. The second-order valence-corrected chi connectivity index (χ2v) is 5.45. The number of allylic oxidation sites excluding steroid dienone is 1. The first-order valence-electron chi connectivity index (χ1n) is 7.40. The van der Waals surface area contributed by atoms with E-state index in [1.165, 1.54) is 44.9 Å². The van der Waals surface area contributed by atoms with E-state index in [1.807, 2.05) is 0 Å². The number of hydrogen-bond acceptors (Lipinski definition) is 2. The second-order valence-electron chi connectivity index (χ2n) is 5.45. The van der Waals surface area contributed by atoms with Crippen LogP contribution in [0.4, 0.5) is 0 Å². The van der Waals surface area contributed by atoms with Crippen LogP contribution in [0.3, 0.4) is 0 Å². The molecular weight excluding hydrogens is 210 g/mol. The van der Waals surface area contributed by atoms with Crippen LogP contribution in [0, 0.1) is 5.92 Å². The fourth-order valence-electron chi connectivity index (χ4n) is 3.07. The van der Waals surface area contributed by atoms with Crippen LogP contribution in [0.15, 0.2) is 11.6 Å². The monoisotopic (exact) mass is 237 g/mol. The van der Waals surface area contributed by atoms with Crippen molar-refractivity contribution >= 4 is 0 Å². The Bertz CT molecular complexity index is 243. The van der Waals surface area contributed by atoms with Crippen LogP contribution < -0.4 is 5.32 Å². The molecule has 2 nitrogen and oxygen atoms in total. The van der Waals surface area contributed by atoms with Gasteiger partial charge in [0.2, 0.25) is 0 Å². The van der Waals surface area contributed by atoms with Crippen molar-refractivity contribution in [1.29, 1.82) is 0 Å². The first-order chi connectivity index (χ1) is 8.40. The van der Waals surface area contributed by atoms with E-state index in [4.69, 9.17) is 4.74 Å². The maximum Gasteiger partial charge on any atom is 0.0495 e. The molecule has 17 heavy (non-hydrogen) atoms. The predicted octanol–water partition coefficient (Wildman–Crippen LogP) is 3.28. The summed E-state index contributed by atoms with van der Waals surface area (Å²) < 4.78 is 5.50. The summed E-state index contributed by atoms with van der Waals surface area (Å²) in [6.07, 6.45) is 11.8. The van der Waals surface area contributed by atoms with E-state index in [9.17, 15) is 0 Å². The summed E-state index contributed by atoms with van der Waals surface area (Å²) in [7, 11) is 0. The van der Waals surface area contributed by atoms with Gasteiger partial charge in [-0.2, -0.15) is 0 Å². The zero-order valence-electron chi connectivity index (χ0n) is 11.2. The summed E-state index contributed by atoms with van der Waals surface area (Å²) >= 11 is 0. The minimum absolute atomic E-state index is 0.616. The highest BCUT2D eigenvalue weighted by Gasteiger charge is 2.22. The van der Waals surface area contributed by atoms with Gasteiger partial charge >= 0.3 is 0 Å². The molecule has 0 bridgehead atoms. The van der Waals surface area contributed by atoms with Gasteiger partial charge in [0.1, 0.15) is 0 Å². The fraction of sp³-hybridized carbons (Fsp3) is 0.867. The average molecular weight is 237 g/mol. The van der Waals surface area contributed by atoms with E-state index in [1.54, 1.807) is 5.57 Å². The molecule has 0 saturated carbocycles. The standard InChI is InChI=1S/C15H27NO/c1-2-16-15(11-13-9-10-17-12-13)14-7-5-3-4-6-8-14/h7,13,15-16H,2-6,8-12H2,1H3.